The molecule has 4 nitrogen and oxygen atoms in total. The molecule has 1 aromatic rings. The van der Waals surface area contributed by atoms with Gasteiger partial charge < -0.3 is 15.4 Å². The molecule has 1 amide bonds. The highest BCUT2D eigenvalue weighted by atomic mass is 32.2. The van der Waals surface area contributed by atoms with E-state index in [1.54, 1.807) is 11.8 Å². The van der Waals surface area contributed by atoms with E-state index in [1.165, 1.54) is 5.56 Å². The molecule has 0 radical (unpaired) electrons. The molecule has 0 spiro atoms. The van der Waals surface area contributed by atoms with Gasteiger partial charge in [-0.1, -0.05) is 30.3 Å². The number of nitrogens with two attached hydrogens (primary N) is 1. The average Bonchev–Trinajstić information content (AvgIpc) is 3.05. The van der Waals surface area contributed by atoms with E-state index < -0.39 is 0 Å². The van der Waals surface area contributed by atoms with Gasteiger partial charge in [-0.05, 0) is 43.3 Å². The van der Waals surface area contributed by atoms with Crippen LogP contribution < -0.4 is 5.73 Å². The predicted molar refractivity (Wildman–Crippen MR) is 96.7 cm³/mol. The van der Waals surface area contributed by atoms with Crippen LogP contribution in [-0.4, -0.2) is 54.7 Å². The number of amides is 1. The van der Waals surface area contributed by atoms with Crippen LogP contribution in [0.1, 0.15) is 24.8 Å². The van der Waals surface area contributed by atoms with Crippen LogP contribution in [0.4, 0.5) is 0 Å². The van der Waals surface area contributed by atoms with E-state index in [0.717, 1.165) is 44.6 Å². The van der Waals surface area contributed by atoms with Crippen LogP contribution in [-0.2, 0) is 16.0 Å². The minimum Gasteiger partial charge on any atom is -0.376 e. The first kappa shape index (κ1) is 18.3. The van der Waals surface area contributed by atoms with Crippen molar-refractivity contribution in [1.29, 1.82) is 0 Å². The number of aryl methyl sites for hydroxylation is 1. The van der Waals surface area contributed by atoms with Crippen molar-refractivity contribution in [2.45, 2.75) is 37.8 Å². The minimum atomic E-state index is -0.362. The van der Waals surface area contributed by atoms with E-state index in [-0.39, 0.29) is 18.1 Å². The highest BCUT2D eigenvalue weighted by Gasteiger charge is 2.29. The largest absolute Gasteiger partial charge is 0.376 e. The van der Waals surface area contributed by atoms with Crippen LogP contribution in [0.3, 0.4) is 0 Å². The number of benzene rings is 1. The van der Waals surface area contributed by atoms with E-state index in [4.69, 9.17) is 10.5 Å². The first-order valence-corrected chi connectivity index (χ1v) is 9.79. The SMILES string of the molecule is CSCC[C@H](N)C(=O)N1CCC(OCCCc2ccccc2)C1. The maximum atomic E-state index is 12.2. The third-order valence-corrected chi connectivity index (χ3v) is 4.86. The van der Waals surface area contributed by atoms with Gasteiger partial charge in [0.1, 0.15) is 0 Å². The predicted octanol–water partition coefficient (Wildman–Crippen LogP) is 2.32. The van der Waals surface area contributed by atoms with Gasteiger partial charge in [0.25, 0.3) is 0 Å². The summed E-state index contributed by atoms with van der Waals surface area (Å²) in [7, 11) is 0. The Hall–Kier alpha value is -1.04. The molecular formula is C18H28N2O2S. The zero-order chi connectivity index (χ0) is 16.5. The molecule has 2 rings (SSSR count). The summed E-state index contributed by atoms with van der Waals surface area (Å²) in [6.45, 7) is 2.21. The summed E-state index contributed by atoms with van der Waals surface area (Å²) in [5.41, 5.74) is 7.32. The van der Waals surface area contributed by atoms with Crippen LogP contribution in [0.2, 0.25) is 0 Å². The van der Waals surface area contributed by atoms with Crippen molar-refractivity contribution in [3.63, 3.8) is 0 Å². The Morgan fingerprint density at radius 2 is 2.22 bits per heavy atom. The third-order valence-electron chi connectivity index (χ3n) is 4.21. The van der Waals surface area contributed by atoms with Gasteiger partial charge in [-0.25, -0.2) is 0 Å². The molecule has 1 fully saturated rings. The fourth-order valence-electron chi connectivity index (χ4n) is 2.84. The van der Waals surface area contributed by atoms with E-state index in [1.807, 2.05) is 17.2 Å². The Kier molecular flexibility index (Phi) is 7.92. The minimum absolute atomic E-state index is 0.0782. The van der Waals surface area contributed by atoms with Gasteiger partial charge in [-0.2, -0.15) is 11.8 Å². The second kappa shape index (κ2) is 9.96. The van der Waals surface area contributed by atoms with E-state index in [2.05, 4.69) is 24.3 Å². The van der Waals surface area contributed by atoms with Crippen LogP contribution in [0.25, 0.3) is 0 Å². The van der Waals surface area contributed by atoms with Gasteiger partial charge in [0.15, 0.2) is 0 Å². The molecule has 5 heteroatoms. The number of carbonyl (C=O) groups is 1. The summed E-state index contributed by atoms with van der Waals surface area (Å²) in [5.74, 6) is 1.01. The maximum absolute atomic E-state index is 12.2. The van der Waals surface area contributed by atoms with Crippen LogP contribution >= 0.6 is 11.8 Å². The standard InChI is InChI=1S/C18H28N2O2S/c1-23-13-10-17(19)18(21)20-11-9-16(14-20)22-12-5-8-15-6-3-2-4-7-15/h2-4,6-7,16-17H,5,8-14,19H2,1H3/t16?,17-/m0/s1. The number of hydrogen-bond donors (Lipinski definition) is 1. The highest BCUT2D eigenvalue weighted by Crippen LogP contribution is 2.15. The normalized spacial score (nSPS) is 19.0. The molecule has 1 heterocycles. The Morgan fingerprint density at radius 1 is 1.43 bits per heavy atom. The van der Waals surface area contributed by atoms with Crippen molar-refractivity contribution < 1.29 is 9.53 Å². The summed E-state index contributed by atoms with van der Waals surface area (Å²) in [6, 6.07) is 10.1. The summed E-state index contributed by atoms with van der Waals surface area (Å²) in [4.78, 5) is 14.1. The van der Waals surface area contributed by atoms with Gasteiger partial charge >= 0.3 is 0 Å². The number of nitrogens with zero attached hydrogens (tertiary/aromatic N) is 1. The lowest BCUT2D eigenvalue weighted by molar-refractivity contribution is -0.132. The first-order valence-electron chi connectivity index (χ1n) is 8.39. The molecule has 0 bridgehead atoms. The number of likely N-dealkylation sites (tertiary alicyclic amines) is 1. The van der Waals surface area contributed by atoms with Crippen molar-refractivity contribution in [1.82, 2.24) is 4.90 Å². The molecule has 1 aliphatic heterocycles. The molecule has 2 atom stereocenters. The maximum Gasteiger partial charge on any atom is 0.239 e. The van der Waals surface area contributed by atoms with Gasteiger partial charge in [0, 0.05) is 19.7 Å². The molecule has 1 aromatic carbocycles. The van der Waals surface area contributed by atoms with E-state index >= 15 is 0 Å². The number of hydrogen-bond acceptors (Lipinski definition) is 4. The number of thioether (sulfide) groups is 1. The molecule has 128 valence electrons. The Balaban J connectivity index is 1.62. The number of rotatable bonds is 9. The molecular weight excluding hydrogens is 308 g/mol. The number of carbonyl (C=O) groups excluding carboxylic acids is 1. The molecule has 0 saturated carbocycles. The summed E-state index contributed by atoms with van der Waals surface area (Å²) < 4.78 is 5.93. The lowest BCUT2D eigenvalue weighted by atomic mass is 10.1. The van der Waals surface area contributed by atoms with Crippen molar-refractivity contribution in [2.75, 3.05) is 31.7 Å². The zero-order valence-electron chi connectivity index (χ0n) is 13.9. The first-order chi connectivity index (χ1) is 11.2. The van der Waals surface area contributed by atoms with E-state index in [9.17, 15) is 4.79 Å². The molecule has 23 heavy (non-hydrogen) atoms. The van der Waals surface area contributed by atoms with Crippen molar-refractivity contribution in [3.8, 4) is 0 Å². The van der Waals surface area contributed by atoms with Crippen molar-refractivity contribution >= 4 is 17.7 Å². The number of ether oxygens (including phenoxy) is 1. The van der Waals surface area contributed by atoms with Gasteiger partial charge in [-0.3, -0.25) is 4.79 Å². The summed E-state index contributed by atoms with van der Waals surface area (Å²) in [5, 5.41) is 0. The smallest absolute Gasteiger partial charge is 0.239 e. The second-order valence-electron chi connectivity index (χ2n) is 6.04. The fourth-order valence-corrected chi connectivity index (χ4v) is 3.33. The van der Waals surface area contributed by atoms with Crippen LogP contribution in [0, 0.1) is 0 Å². The van der Waals surface area contributed by atoms with Crippen molar-refractivity contribution in [3.05, 3.63) is 35.9 Å². The van der Waals surface area contributed by atoms with Crippen LogP contribution in [0.15, 0.2) is 30.3 Å². The lowest BCUT2D eigenvalue weighted by Crippen LogP contribution is -2.43. The fraction of sp³-hybridized carbons (Fsp3) is 0.611. The summed E-state index contributed by atoms with van der Waals surface area (Å²) in [6.07, 6.45) is 5.93. The lowest BCUT2D eigenvalue weighted by Gasteiger charge is -2.20. The quantitative estimate of drug-likeness (QED) is 0.703. The Bertz CT molecular complexity index is 469. The van der Waals surface area contributed by atoms with Gasteiger partial charge in [0.05, 0.1) is 12.1 Å². The molecule has 0 aliphatic carbocycles. The molecule has 1 unspecified atom stereocenters. The van der Waals surface area contributed by atoms with Crippen molar-refractivity contribution in [2.24, 2.45) is 5.73 Å². The zero-order valence-corrected chi connectivity index (χ0v) is 14.8. The van der Waals surface area contributed by atoms with Gasteiger partial charge in [-0.15, -0.1) is 0 Å². The third kappa shape index (κ3) is 6.16. The molecule has 1 saturated heterocycles. The summed E-state index contributed by atoms with van der Waals surface area (Å²) >= 11 is 1.73. The van der Waals surface area contributed by atoms with Crippen LogP contribution in [0.5, 0.6) is 0 Å². The Labute approximate surface area is 143 Å². The molecule has 0 aromatic heterocycles. The van der Waals surface area contributed by atoms with E-state index in [0.29, 0.717) is 6.54 Å². The average molecular weight is 337 g/mol. The van der Waals surface area contributed by atoms with Gasteiger partial charge in [0.2, 0.25) is 5.91 Å². The topological polar surface area (TPSA) is 55.6 Å². The molecule has 1 aliphatic rings. The second-order valence-corrected chi connectivity index (χ2v) is 7.03. The Morgan fingerprint density at radius 3 is 2.96 bits per heavy atom. The highest BCUT2D eigenvalue weighted by molar-refractivity contribution is 7.98. The monoisotopic (exact) mass is 336 g/mol. The molecule has 2 N–H and O–H groups in total.